The maximum absolute atomic E-state index is 11.7. The second-order valence-corrected chi connectivity index (χ2v) is 8.57. The molecule has 8 heteroatoms. The predicted octanol–water partition coefficient (Wildman–Crippen LogP) is 3.39. The zero-order valence-corrected chi connectivity index (χ0v) is 19.1. The van der Waals surface area contributed by atoms with Gasteiger partial charge in [0, 0.05) is 36.6 Å². The number of aliphatic hydroxyl groups excluding tert-OH is 1. The first kappa shape index (κ1) is 24.3. The maximum atomic E-state index is 11.7. The zero-order valence-electron chi connectivity index (χ0n) is 18.4. The van der Waals surface area contributed by atoms with Crippen molar-refractivity contribution in [2.24, 2.45) is 0 Å². The molecule has 1 aliphatic rings. The highest BCUT2D eigenvalue weighted by atomic mass is 35.5. The number of halogens is 1. The smallest absolute Gasteiger partial charge is 0.224 e. The Labute approximate surface area is 194 Å². The minimum Gasteiger partial charge on any atom is -0.508 e. The number of nitrogens with one attached hydrogen (secondary N) is 2. The molecule has 0 saturated carbocycles. The normalized spacial score (nSPS) is 16.0. The molecule has 0 spiro atoms. The van der Waals surface area contributed by atoms with Crippen LogP contribution in [-0.2, 0) is 11.3 Å². The van der Waals surface area contributed by atoms with Gasteiger partial charge in [0.2, 0.25) is 5.91 Å². The molecule has 0 aliphatic carbocycles. The number of hydrogen-bond donors (Lipinski definition) is 4. The van der Waals surface area contributed by atoms with Gasteiger partial charge in [0.25, 0.3) is 0 Å². The van der Waals surface area contributed by atoms with Crippen LogP contribution in [0.1, 0.15) is 31.7 Å². The number of aromatic hydroxyl groups is 1. The van der Waals surface area contributed by atoms with Gasteiger partial charge in [0.05, 0.1) is 5.69 Å². The van der Waals surface area contributed by atoms with Crippen molar-refractivity contribution in [1.82, 2.24) is 10.2 Å². The number of aliphatic hydroxyl groups is 1. The Kier molecular flexibility index (Phi) is 9.17. The van der Waals surface area contributed by atoms with Crippen LogP contribution in [0.15, 0.2) is 42.5 Å². The Hall–Kier alpha value is -2.32. The van der Waals surface area contributed by atoms with Crippen LogP contribution in [0.4, 0.5) is 5.69 Å². The number of amides is 1. The van der Waals surface area contributed by atoms with E-state index in [9.17, 15) is 15.0 Å². The van der Waals surface area contributed by atoms with Gasteiger partial charge in [-0.15, -0.1) is 0 Å². The van der Waals surface area contributed by atoms with Crippen molar-refractivity contribution in [2.45, 2.75) is 44.9 Å². The molecule has 32 heavy (non-hydrogen) atoms. The van der Waals surface area contributed by atoms with Crippen molar-refractivity contribution in [1.29, 1.82) is 0 Å². The molecule has 2 aromatic rings. The number of rotatable bonds is 10. The van der Waals surface area contributed by atoms with Crippen molar-refractivity contribution >= 4 is 23.2 Å². The molecular formula is C24H32ClN3O4. The number of piperidine rings is 1. The molecule has 3 rings (SSSR count). The molecular weight excluding hydrogens is 430 g/mol. The summed E-state index contributed by atoms with van der Waals surface area (Å²) in [5.41, 5.74) is 1.73. The summed E-state index contributed by atoms with van der Waals surface area (Å²) in [6.45, 7) is 5.14. The topological polar surface area (TPSA) is 94.1 Å². The van der Waals surface area contributed by atoms with E-state index in [0.29, 0.717) is 30.4 Å². The molecule has 1 aliphatic heterocycles. The fourth-order valence-corrected chi connectivity index (χ4v) is 3.79. The molecule has 174 valence electrons. The predicted molar refractivity (Wildman–Crippen MR) is 126 cm³/mol. The number of hydrogen-bond acceptors (Lipinski definition) is 6. The van der Waals surface area contributed by atoms with Gasteiger partial charge >= 0.3 is 0 Å². The summed E-state index contributed by atoms with van der Waals surface area (Å²) in [4.78, 5) is 14.1. The van der Waals surface area contributed by atoms with Crippen LogP contribution in [0.5, 0.6) is 11.5 Å². The van der Waals surface area contributed by atoms with Crippen molar-refractivity contribution in [3.8, 4) is 11.5 Å². The minimum atomic E-state index is -0.709. The number of nitrogens with zero attached hydrogens (tertiary/aromatic N) is 1. The second kappa shape index (κ2) is 12.1. The first-order valence-corrected chi connectivity index (χ1v) is 11.4. The fraction of sp³-hybridized carbons (Fsp3) is 0.458. The summed E-state index contributed by atoms with van der Waals surface area (Å²) < 4.78 is 5.67. The Balaban J connectivity index is 1.38. The monoisotopic (exact) mass is 461 g/mol. The number of benzene rings is 2. The van der Waals surface area contributed by atoms with Crippen molar-refractivity contribution < 1.29 is 19.7 Å². The zero-order chi connectivity index (χ0) is 22.9. The van der Waals surface area contributed by atoms with Gasteiger partial charge < -0.3 is 25.6 Å². The third kappa shape index (κ3) is 7.67. The van der Waals surface area contributed by atoms with Gasteiger partial charge in [-0.25, -0.2) is 0 Å². The van der Waals surface area contributed by atoms with Crippen molar-refractivity contribution in [2.75, 3.05) is 31.6 Å². The SMILES string of the molecule is CCC(=O)Nc1ccc(O)cc1OC[C@@H](O)CNC1CCN(Cc2ccc(Cl)cc2)CC1. The molecule has 0 bridgehead atoms. The highest BCUT2D eigenvalue weighted by molar-refractivity contribution is 6.30. The van der Waals surface area contributed by atoms with Gasteiger partial charge in [-0.1, -0.05) is 30.7 Å². The van der Waals surface area contributed by atoms with Gasteiger partial charge in [-0.3, -0.25) is 9.69 Å². The van der Waals surface area contributed by atoms with Gasteiger partial charge in [-0.2, -0.15) is 0 Å². The summed E-state index contributed by atoms with van der Waals surface area (Å²) in [6, 6.07) is 12.8. The molecule has 2 aromatic carbocycles. The first-order valence-electron chi connectivity index (χ1n) is 11.1. The third-order valence-electron chi connectivity index (χ3n) is 5.54. The molecule has 1 amide bonds. The highest BCUT2D eigenvalue weighted by Crippen LogP contribution is 2.29. The van der Waals surface area contributed by atoms with Crippen LogP contribution in [0.3, 0.4) is 0 Å². The average molecular weight is 462 g/mol. The lowest BCUT2D eigenvalue weighted by Crippen LogP contribution is -2.45. The van der Waals surface area contributed by atoms with Crippen LogP contribution >= 0.6 is 11.6 Å². The Bertz CT molecular complexity index is 870. The molecule has 0 unspecified atom stereocenters. The van der Waals surface area contributed by atoms with E-state index in [-0.39, 0.29) is 18.3 Å². The van der Waals surface area contributed by atoms with Gasteiger partial charge in [-0.05, 0) is 55.8 Å². The van der Waals surface area contributed by atoms with Gasteiger partial charge in [0.1, 0.15) is 24.2 Å². The maximum Gasteiger partial charge on any atom is 0.224 e. The number of carbonyl (C=O) groups excluding carboxylic acids is 1. The second-order valence-electron chi connectivity index (χ2n) is 8.13. The molecule has 0 aromatic heterocycles. The third-order valence-corrected chi connectivity index (χ3v) is 5.79. The van der Waals surface area contributed by atoms with Crippen LogP contribution in [0.2, 0.25) is 5.02 Å². The summed E-state index contributed by atoms with van der Waals surface area (Å²) in [5, 5.41) is 27.0. The van der Waals surface area contributed by atoms with E-state index in [2.05, 4.69) is 27.7 Å². The summed E-state index contributed by atoms with van der Waals surface area (Å²) in [5.74, 6) is 0.221. The summed E-state index contributed by atoms with van der Waals surface area (Å²) in [7, 11) is 0. The number of phenols is 1. The van der Waals surface area contributed by atoms with Gasteiger partial charge in [0.15, 0.2) is 0 Å². The quantitative estimate of drug-likeness (QED) is 0.405. The molecule has 1 fully saturated rings. The van der Waals surface area contributed by atoms with Crippen LogP contribution in [0, 0.1) is 0 Å². The van der Waals surface area contributed by atoms with E-state index >= 15 is 0 Å². The summed E-state index contributed by atoms with van der Waals surface area (Å²) >= 11 is 5.95. The molecule has 4 N–H and O–H groups in total. The standard InChI is InChI=1S/C24H32ClN3O4/c1-2-24(31)27-22-8-7-20(29)13-23(22)32-16-21(30)14-26-19-9-11-28(12-10-19)15-17-3-5-18(25)6-4-17/h3-8,13,19,21,26,29-30H,2,9-12,14-16H2,1H3,(H,27,31)/t21-/m0/s1. The number of carbonyl (C=O) groups is 1. The van der Waals surface area contributed by atoms with E-state index < -0.39 is 6.10 Å². The lowest BCUT2D eigenvalue weighted by Gasteiger charge is -2.33. The lowest BCUT2D eigenvalue weighted by molar-refractivity contribution is -0.115. The van der Waals surface area contributed by atoms with Crippen LogP contribution < -0.4 is 15.4 Å². The van der Waals surface area contributed by atoms with E-state index in [1.54, 1.807) is 13.0 Å². The Morgan fingerprint density at radius 2 is 1.94 bits per heavy atom. The summed E-state index contributed by atoms with van der Waals surface area (Å²) in [6.07, 6.45) is 1.66. The Morgan fingerprint density at radius 3 is 2.62 bits per heavy atom. The highest BCUT2D eigenvalue weighted by Gasteiger charge is 2.20. The molecule has 1 atom stereocenters. The first-order chi connectivity index (χ1) is 15.4. The molecule has 1 heterocycles. The minimum absolute atomic E-state index is 0.0347. The van der Waals surface area contributed by atoms with Crippen molar-refractivity contribution in [3.63, 3.8) is 0 Å². The lowest BCUT2D eigenvalue weighted by atomic mass is 10.0. The number of anilines is 1. The number of likely N-dealkylation sites (tertiary alicyclic amines) is 1. The van der Waals surface area contributed by atoms with E-state index in [4.69, 9.17) is 16.3 Å². The average Bonchev–Trinajstić information content (AvgIpc) is 2.80. The van der Waals surface area contributed by atoms with Crippen LogP contribution in [-0.4, -0.2) is 59.4 Å². The molecule has 1 saturated heterocycles. The molecule has 7 nitrogen and oxygen atoms in total. The molecule has 0 radical (unpaired) electrons. The fourth-order valence-electron chi connectivity index (χ4n) is 3.66. The van der Waals surface area contributed by atoms with E-state index in [1.807, 2.05) is 12.1 Å². The largest absolute Gasteiger partial charge is 0.508 e. The van der Waals surface area contributed by atoms with Crippen molar-refractivity contribution in [3.05, 3.63) is 53.1 Å². The van der Waals surface area contributed by atoms with E-state index in [0.717, 1.165) is 37.5 Å². The Morgan fingerprint density at radius 1 is 1.22 bits per heavy atom. The number of ether oxygens (including phenoxy) is 1. The number of phenolic OH excluding ortho intramolecular Hbond substituents is 1. The van der Waals surface area contributed by atoms with E-state index in [1.165, 1.54) is 17.7 Å². The van der Waals surface area contributed by atoms with Crippen LogP contribution in [0.25, 0.3) is 0 Å².